The lowest BCUT2D eigenvalue weighted by molar-refractivity contribution is 0.0241. The molecule has 1 atom stereocenters. The molecule has 118 valence electrons. The highest BCUT2D eigenvalue weighted by molar-refractivity contribution is 7.10. The van der Waals surface area contributed by atoms with Crippen LogP contribution in [0.25, 0.3) is 5.65 Å². The van der Waals surface area contributed by atoms with Gasteiger partial charge in [0, 0.05) is 11.1 Å². The summed E-state index contributed by atoms with van der Waals surface area (Å²) in [4.78, 5) is 13.7. The molecule has 0 saturated heterocycles. The molecule has 3 aromatic heterocycles. The second kappa shape index (κ2) is 5.71. The molecule has 3 heterocycles. The predicted octanol–water partition coefficient (Wildman–Crippen LogP) is 1.43. The Morgan fingerprint density at radius 1 is 1.39 bits per heavy atom. The topological polar surface area (TPSA) is 92.4 Å². The molecule has 1 amide bonds. The Hall–Kier alpha value is -2.32. The van der Waals surface area contributed by atoms with Crippen LogP contribution in [0.3, 0.4) is 0 Å². The van der Waals surface area contributed by atoms with E-state index in [1.165, 1.54) is 4.52 Å². The van der Waals surface area contributed by atoms with Gasteiger partial charge in [0.15, 0.2) is 5.65 Å². The molecule has 0 spiro atoms. The van der Waals surface area contributed by atoms with Gasteiger partial charge in [-0.3, -0.25) is 4.79 Å². The molecule has 3 aromatic rings. The number of rotatable bonds is 4. The van der Waals surface area contributed by atoms with Crippen LogP contribution in [0.4, 0.5) is 0 Å². The Balaban J connectivity index is 1.56. The van der Waals surface area contributed by atoms with Gasteiger partial charge in [0.2, 0.25) is 0 Å². The molecule has 1 unspecified atom stereocenters. The van der Waals surface area contributed by atoms with E-state index in [0.717, 1.165) is 17.7 Å². The molecule has 1 saturated carbocycles. The minimum Gasteiger partial charge on any atom is -0.393 e. The van der Waals surface area contributed by atoms with Gasteiger partial charge in [0.1, 0.15) is 0 Å². The van der Waals surface area contributed by atoms with Gasteiger partial charge in [-0.25, -0.2) is 0 Å². The van der Waals surface area contributed by atoms with E-state index in [2.05, 4.69) is 20.8 Å². The van der Waals surface area contributed by atoms with Crippen molar-refractivity contribution in [2.45, 2.75) is 25.0 Å². The third-order valence-electron chi connectivity index (χ3n) is 4.21. The smallest absolute Gasteiger partial charge is 0.253 e. The Labute approximate surface area is 136 Å². The van der Waals surface area contributed by atoms with Crippen molar-refractivity contribution in [2.24, 2.45) is 5.92 Å². The molecule has 0 radical (unpaired) electrons. The molecule has 0 aromatic carbocycles. The maximum absolute atomic E-state index is 12.6. The summed E-state index contributed by atoms with van der Waals surface area (Å²) in [5.41, 5.74) is 1.10. The molecule has 0 aliphatic heterocycles. The summed E-state index contributed by atoms with van der Waals surface area (Å²) in [6.07, 6.45) is 2.80. The summed E-state index contributed by atoms with van der Waals surface area (Å²) in [6.45, 7) is 0. The fourth-order valence-electron chi connectivity index (χ4n) is 2.89. The fraction of sp³-hybridized carbons (Fsp3) is 0.333. The second-order valence-corrected chi connectivity index (χ2v) is 6.73. The number of nitrogens with zero attached hydrogens (tertiary/aromatic N) is 4. The number of carbonyl (C=O) groups is 1. The van der Waals surface area contributed by atoms with Crippen LogP contribution in [0.1, 0.15) is 34.1 Å². The SMILES string of the molecule is O=C(NC(c1cccs1)C1CC(O)C1)c1ccc2nnnn2c1. The number of tetrazole rings is 1. The monoisotopic (exact) mass is 329 g/mol. The van der Waals surface area contributed by atoms with Gasteiger partial charge in [-0.1, -0.05) is 6.07 Å². The number of aliphatic hydroxyl groups is 1. The molecule has 1 aliphatic rings. The van der Waals surface area contributed by atoms with Crippen molar-refractivity contribution < 1.29 is 9.90 Å². The third kappa shape index (κ3) is 2.71. The number of pyridine rings is 1. The zero-order chi connectivity index (χ0) is 15.8. The van der Waals surface area contributed by atoms with Crippen LogP contribution in [0.2, 0.25) is 0 Å². The summed E-state index contributed by atoms with van der Waals surface area (Å²) in [5.74, 6) is 0.103. The zero-order valence-electron chi connectivity index (χ0n) is 12.2. The highest BCUT2D eigenvalue weighted by Gasteiger charge is 2.36. The number of aliphatic hydroxyl groups excluding tert-OH is 1. The van der Waals surface area contributed by atoms with Crippen LogP contribution in [0.15, 0.2) is 35.8 Å². The normalized spacial score (nSPS) is 21.8. The first-order chi connectivity index (χ1) is 11.2. The zero-order valence-corrected chi connectivity index (χ0v) is 13.0. The minimum absolute atomic E-state index is 0.0736. The lowest BCUT2D eigenvalue weighted by Crippen LogP contribution is -2.41. The van der Waals surface area contributed by atoms with E-state index >= 15 is 0 Å². The highest BCUT2D eigenvalue weighted by atomic mass is 32.1. The Bertz CT molecular complexity index is 825. The number of fused-ring (bicyclic) bond motifs is 1. The quantitative estimate of drug-likeness (QED) is 0.755. The summed E-state index contributed by atoms with van der Waals surface area (Å²) >= 11 is 1.62. The van der Waals surface area contributed by atoms with E-state index in [4.69, 9.17) is 0 Å². The first-order valence-corrected chi connectivity index (χ1v) is 8.29. The van der Waals surface area contributed by atoms with E-state index in [1.807, 2.05) is 17.5 Å². The van der Waals surface area contributed by atoms with E-state index in [1.54, 1.807) is 29.7 Å². The first-order valence-electron chi connectivity index (χ1n) is 7.41. The maximum Gasteiger partial charge on any atom is 0.253 e. The third-order valence-corrected chi connectivity index (χ3v) is 5.17. The number of amides is 1. The summed E-state index contributed by atoms with van der Waals surface area (Å²) in [6, 6.07) is 7.34. The van der Waals surface area contributed by atoms with E-state index in [9.17, 15) is 9.90 Å². The van der Waals surface area contributed by atoms with Crippen LogP contribution < -0.4 is 5.32 Å². The van der Waals surface area contributed by atoms with Gasteiger partial charge in [0.25, 0.3) is 5.91 Å². The Kier molecular flexibility index (Phi) is 3.55. The van der Waals surface area contributed by atoms with E-state index < -0.39 is 0 Å². The molecule has 1 aliphatic carbocycles. The Morgan fingerprint density at radius 2 is 2.26 bits per heavy atom. The van der Waals surface area contributed by atoms with Crippen LogP contribution >= 0.6 is 11.3 Å². The van der Waals surface area contributed by atoms with Crippen molar-refractivity contribution in [1.82, 2.24) is 25.4 Å². The van der Waals surface area contributed by atoms with E-state index in [-0.39, 0.29) is 24.0 Å². The lowest BCUT2D eigenvalue weighted by Gasteiger charge is -2.37. The van der Waals surface area contributed by atoms with Crippen molar-refractivity contribution in [3.05, 3.63) is 46.3 Å². The van der Waals surface area contributed by atoms with Crippen molar-refractivity contribution in [1.29, 1.82) is 0 Å². The average molecular weight is 329 g/mol. The lowest BCUT2D eigenvalue weighted by atomic mass is 9.76. The highest BCUT2D eigenvalue weighted by Crippen LogP contribution is 2.39. The van der Waals surface area contributed by atoms with Gasteiger partial charge < -0.3 is 10.4 Å². The molecule has 1 fully saturated rings. The summed E-state index contributed by atoms with van der Waals surface area (Å²) in [5, 5.41) is 25.9. The number of carbonyl (C=O) groups excluding carboxylic acids is 1. The van der Waals surface area contributed by atoms with E-state index in [0.29, 0.717) is 11.2 Å². The van der Waals surface area contributed by atoms with Gasteiger partial charge in [-0.2, -0.15) is 4.52 Å². The largest absolute Gasteiger partial charge is 0.393 e. The minimum atomic E-state index is -0.253. The van der Waals surface area contributed by atoms with Gasteiger partial charge >= 0.3 is 0 Å². The number of nitrogens with one attached hydrogen (secondary N) is 1. The standard InChI is InChI=1S/C15H15N5O2S/c21-11-6-10(7-11)14(12-2-1-5-23-12)16-15(22)9-3-4-13-17-18-19-20(13)8-9/h1-5,8,10-11,14,21H,6-7H2,(H,16,22). The van der Waals surface area contributed by atoms with Crippen molar-refractivity contribution in [3.63, 3.8) is 0 Å². The van der Waals surface area contributed by atoms with Crippen LogP contribution in [0.5, 0.6) is 0 Å². The molecular formula is C15H15N5O2S. The fourth-order valence-corrected chi connectivity index (χ4v) is 3.76. The summed E-state index contributed by atoms with van der Waals surface area (Å²) in [7, 11) is 0. The molecule has 23 heavy (non-hydrogen) atoms. The van der Waals surface area contributed by atoms with Crippen LogP contribution in [-0.4, -0.2) is 37.2 Å². The number of thiophene rings is 1. The molecule has 4 rings (SSSR count). The second-order valence-electron chi connectivity index (χ2n) is 5.75. The Morgan fingerprint density at radius 3 is 3.00 bits per heavy atom. The number of aromatic nitrogens is 4. The van der Waals surface area contributed by atoms with Gasteiger partial charge in [-0.05, 0) is 52.8 Å². The molecular weight excluding hydrogens is 314 g/mol. The molecule has 7 nitrogen and oxygen atoms in total. The average Bonchev–Trinajstić information content (AvgIpc) is 3.19. The first kappa shape index (κ1) is 14.3. The summed E-state index contributed by atoms with van der Waals surface area (Å²) < 4.78 is 1.47. The number of hydrogen-bond donors (Lipinski definition) is 2. The van der Waals surface area contributed by atoms with Crippen LogP contribution in [-0.2, 0) is 0 Å². The molecule has 8 heteroatoms. The predicted molar refractivity (Wildman–Crippen MR) is 84.0 cm³/mol. The van der Waals surface area contributed by atoms with Crippen molar-refractivity contribution >= 4 is 22.9 Å². The molecule has 2 N–H and O–H groups in total. The van der Waals surface area contributed by atoms with Crippen molar-refractivity contribution in [3.8, 4) is 0 Å². The maximum atomic E-state index is 12.6. The van der Waals surface area contributed by atoms with Crippen LogP contribution in [0, 0.1) is 5.92 Å². The van der Waals surface area contributed by atoms with Crippen molar-refractivity contribution in [2.75, 3.05) is 0 Å². The molecule has 0 bridgehead atoms. The van der Waals surface area contributed by atoms with Gasteiger partial charge in [0.05, 0.1) is 17.7 Å². The van der Waals surface area contributed by atoms with Gasteiger partial charge in [-0.15, -0.1) is 16.4 Å². The number of hydrogen-bond acceptors (Lipinski definition) is 6.